The molecule has 0 radical (unpaired) electrons. The van der Waals surface area contributed by atoms with Crippen molar-refractivity contribution in [1.29, 1.82) is 0 Å². The molecule has 12 heteroatoms. The molecule has 0 saturated heterocycles. The van der Waals surface area contributed by atoms with Crippen LogP contribution in [0.25, 0.3) is 16.7 Å². The number of hydrogen-bond acceptors (Lipinski definition) is 7. The van der Waals surface area contributed by atoms with Gasteiger partial charge >= 0.3 is 0 Å². The molecule has 4 aromatic heterocycles. The van der Waals surface area contributed by atoms with Crippen molar-refractivity contribution in [2.75, 3.05) is 7.11 Å². The highest BCUT2D eigenvalue weighted by atomic mass is 35.5. The molecule has 4 rings (SSSR count). The van der Waals surface area contributed by atoms with E-state index in [1.165, 1.54) is 31.0 Å². The predicted molar refractivity (Wildman–Crippen MR) is 124 cm³/mol. The molecule has 0 amide bonds. The molecule has 34 heavy (non-hydrogen) atoms. The van der Waals surface area contributed by atoms with Crippen LogP contribution in [0.4, 0.5) is 4.39 Å². The van der Waals surface area contributed by atoms with Crippen LogP contribution < -0.4 is 10.5 Å². The number of carbonyl (C=O) groups is 1. The summed E-state index contributed by atoms with van der Waals surface area (Å²) in [5.74, 6) is -1.01. The fourth-order valence-electron chi connectivity index (χ4n) is 3.39. The summed E-state index contributed by atoms with van der Waals surface area (Å²) in [6.07, 6.45) is 5.05. The number of rotatable bonds is 7. The molecule has 0 fully saturated rings. The Kier molecular flexibility index (Phi) is 6.20. The summed E-state index contributed by atoms with van der Waals surface area (Å²) in [4.78, 5) is 30.9. The van der Waals surface area contributed by atoms with Crippen LogP contribution >= 0.6 is 11.6 Å². The maximum absolute atomic E-state index is 14.6. The lowest BCUT2D eigenvalue weighted by Gasteiger charge is -2.11. The van der Waals surface area contributed by atoms with E-state index >= 15 is 0 Å². The largest absolute Gasteiger partial charge is 0.479 e. The number of halogens is 2. The Morgan fingerprint density at radius 3 is 2.74 bits per heavy atom. The molecule has 0 saturated carbocycles. The maximum atomic E-state index is 14.6. The van der Waals surface area contributed by atoms with Crippen LogP contribution in [0.5, 0.6) is 5.88 Å². The number of hydrogen-bond donors (Lipinski definition) is 1. The quantitative estimate of drug-likeness (QED) is 0.184. The van der Waals surface area contributed by atoms with Gasteiger partial charge in [-0.2, -0.15) is 0 Å². The number of Topliss-reactive ketones (excluding diaryl/α,β-unsaturated/α-hetero) is 1. The van der Waals surface area contributed by atoms with E-state index in [-0.39, 0.29) is 33.1 Å². The van der Waals surface area contributed by atoms with E-state index < -0.39 is 17.7 Å². The van der Waals surface area contributed by atoms with Crippen molar-refractivity contribution in [3.63, 3.8) is 0 Å². The average Bonchev–Trinajstić information content (AvgIpc) is 3.41. The molecule has 4 aromatic rings. The number of pyridine rings is 2. The van der Waals surface area contributed by atoms with Crippen LogP contribution in [0.2, 0.25) is 5.02 Å². The van der Waals surface area contributed by atoms with Crippen LogP contribution in [0, 0.1) is 12.7 Å². The number of ether oxygens (including phenoxy) is 1. The number of carbonyl (C=O) groups excluding carboxylic acids is 1. The summed E-state index contributed by atoms with van der Waals surface area (Å²) >= 11 is 5.85. The van der Waals surface area contributed by atoms with Gasteiger partial charge in [-0.25, -0.2) is 19.3 Å². The lowest BCUT2D eigenvalue weighted by atomic mass is 10.1. The fourth-order valence-corrected chi connectivity index (χ4v) is 3.54. The summed E-state index contributed by atoms with van der Waals surface area (Å²) in [6, 6.07) is 3.38. The van der Waals surface area contributed by atoms with Crippen molar-refractivity contribution in [3.05, 3.63) is 64.8 Å². The van der Waals surface area contributed by atoms with E-state index in [0.717, 1.165) is 5.69 Å². The molecule has 0 bridgehead atoms. The molecule has 176 valence electrons. The van der Waals surface area contributed by atoms with Gasteiger partial charge in [-0.15, -0.1) is 0 Å². The first kappa shape index (κ1) is 23.2. The SMILES string of the molecule is COc1nc(C(N)=NOC(C)C(=O)c2cn(C)c3ncc(Cl)c(F)c23)ccc1-n1cnc(C)c1. The van der Waals surface area contributed by atoms with Crippen molar-refractivity contribution in [3.8, 4) is 11.6 Å². The Labute approximate surface area is 198 Å². The molecule has 0 aliphatic carbocycles. The van der Waals surface area contributed by atoms with E-state index in [1.54, 1.807) is 30.1 Å². The Hall–Kier alpha value is -3.99. The third-order valence-corrected chi connectivity index (χ3v) is 5.37. The van der Waals surface area contributed by atoms with Gasteiger partial charge in [-0.3, -0.25) is 4.79 Å². The lowest BCUT2D eigenvalue weighted by molar-refractivity contribution is 0.0504. The molecular formula is C22H21ClFN7O3. The number of oxime groups is 1. The summed E-state index contributed by atoms with van der Waals surface area (Å²) in [7, 11) is 3.13. The average molecular weight is 486 g/mol. The number of amidine groups is 1. The first-order chi connectivity index (χ1) is 16.2. The first-order valence-corrected chi connectivity index (χ1v) is 10.5. The van der Waals surface area contributed by atoms with Crippen molar-refractivity contribution in [1.82, 2.24) is 24.1 Å². The van der Waals surface area contributed by atoms with Gasteiger partial charge in [0.05, 0.1) is 41.3 Å². The van der Waals surface area contributed by atoms with Crippen molar-refractivity contribution in [2.24, 2.45) is 17.9 Å². The van der Waals surface area contributed by atoms with E-state index in [1.807, 2.05) is 13.1 Å². The van der Waals surface area contributed by atoms with Gasteiger partial charge < -0.3 is 24.4 Å². The van der Waals surface area contributed by atoms with E-state index in [4.69, 9.17) is 26.9 Å². The van der Waals surface area contributed by atoms with E-state index in [2.05, 4.69) is 20.1 Å². The second-order valence-corrected chi connectivity index (χ2v) is 7.92. The molecule has 4 heterocycles. The number of imidazole rings is 1. The number of ketones is 1. The second-order valence-electron chi connectivity index (χ2n) is 7.51. The Balaban J connectivity index is 1.56. The molecular weight excluding hydrogens is 465 g/mol. The van der Waals surface area contributed by atoms with Crippen LogP contribution in [0.15, 0.2) is 42.2 Å². The maximum Gasteiger partial charge on any atom is 0.238 e. The number of aryl methyl sites for hydroxylation is 2. The minimum atomic E-state index is -1.07. The first-order valence-electron chi connectivity index (χ1n) is 10.1. The van der Waals surface area contributed by atoms with Crippen molar-refractivity contribution >= 4 is 34.3 Å². The van der Waals surface area contributed by atoms with Gasteiger partial charge in [0.2, 0.25) is 11.7 Å². The second kappa shape index (κ2) is 9.10. The van der Waals surface area contributed by atoms with Crippen LogP contribution in [0.1, 0.15) is 28.7 Å². The van der Waals surface area contributed by atoms with Crippen molar-refractivity contribution < 1.29 is 18.8 Å². The zero-order valence-electron chi connectivity index (χ0n) is 18.8. The Morgan fingerprint density at radius 1 is 1.29 bits per heavy atom. The molecule has 0 aromatic carbocycles. The minimum Gasteiger partial charge on any atom is -0.479 e. The summed E-state index contributed by atoms with van der Waals surface area (Å²) in [5, 5.41) is 3.68. The van der Waals surface area contributed by atoms with Gasteiger partial charge in [-0.1, -0.05) is 16.8 Å². The van der Waals surface area contributed by atoms with Gasteiger partial charge in [0.1, 0.15) is 17.0 Å². The highest BCUT2D eigenvalue weighted by Crippen LogP contribution is 2.28. The topological polar surface area (TPSA) is 122 Å². The van der Waals surface area contributed by atoms with Crippen LogP contribution in [0.3, 0.4) is 0 Å². The molecule has 1 unspecified atom stereocenters. The lowest BCUT2D eigenvalue weighted by Crippen LogP contribution is -2.22. The molecule has 0 aliphatic heterocycles. The fraction of sp³-hybridized carbons (Fsp3) is 0.227. The number of methoxy groups -OCH3 is 1. The summed E-state index contributed by atoms with van der Waals surface area (Å²) in [5.41, 5.74) is 8.16. The monoisotopic (exact) mass is 485 g/mol. The van der Waals surface area contributed by atoms with Gasteiger partial charge in [-0.05, 0) is 26.0 Å². The summed E-state index contributed by atoms with van der Waals surface area (Å²) in [6.45, 7) is 3.35. The molecule has 2 N–H and O–H groups in total. The highest BCUT2D eigenvalue weighted by molar-refractivity contribution is 6.31. The third kappa shape index (κ3) is 4.17. The smallest absolute Gasteiger partial charge is 0.238 e. The number of aromatic nitrogens is 5. The van der Waals surface area contributed by atoms with Gasteiger partial charge in [0.15, 0.2) is 17.8 Å². The molecule has 10 nitrogen and oxygen atoms in total. The summed E-state index contributed by atoms with van der Waals surface area (Å²) < 4.78 is 23.3. The molecule has 0 spiro atoms. The Bertz CT molecular complexity index is 1430. The minimum absolute atomic E-state index is 0.0177. The molecule has 0 aliphatic rings. The van der Waals surface area contributed by atoms with Crippen molar-refractivity contribution in [2.45, 2.75) is 20.0 Å². The van der Waals surface area contributed by atoms with Gasteiger partial charge in [0.25, 0.3) is 0 Å². The number of nitrogens with zero attached hydrogens (tertiary/aromatic N) is 6. The van der Waals surface area contributed by atoms with E-state index in [9.17, 15) is 9.18 Å². The third-order valence-electron chi connectivity index (χ3n) is 5.11. The zero-order chi connectivity index (χ0) is 24.6. The standard InChI is InChI=1S/C22H21ClFN7O3/c1-11-8-31(10-27-11)16-6-5-15(28-22(16)33-4)20(25)29-34-12(2)19(32)13-9-30(3)21-17(13)18(24)14(23)7-26-21/h5-10,12H,1-4H3,(H2,25,29). The Morgan fingerprint density at radius 2 is 2.06 bits per heavy atom. The zero-order valence-corrected chi connectivity index (χ0v) is 19.5. The van der Waals surface area contributed by atoms with E-state index in [0.29, 0.717) is 11.6 Å². The highest BCUT2D eigenvalue weighted by Gasteiger charge is 2.25. The predicted octanol–water partition coefficient (Wildman–Crippen LogP) is 3.17. The normalized spacial score (nSPS) is 12.7. The number of nitrogens with two attached hydrogens (primary N) is 1. The number of fused-ring (bicyclic) bond motifs is 1. The van der Waals surface area contributed by atoms with Gasteiger partial charge in [0, 0.05) is 19.4 Å². The molecule has 1 atom stereocenters. The van der Waals surface area contributed by atoms with Crippen LogP contribution in [-0.4, -0.2) is 48.9 Å². The van der Waals surface area contributed by atoms with Crippen LogP contribution in [-0.2, 0) is 11.9 Å².